The van der Waals surface area contributed by atoms with Gasteiger partial charge in [0.1, 0.15) is 0 Å². The summed E-state index contributed by atoms with van der Waals surface area (Å²) < 4.78 is 4.94. The summed E-state index contributed by atoms with van der Waals surface area (Å²) in [6.45, 7) is 3.03. The first-order chi connectivity index (χ1) is 5.31. The number of unbranched alkanes of at least 4 members (excludes halogenated alkanes) is 2. The standard InChI is InChI=1S/C9H21NO/c1-3-9(10)7-5-4-6-8-11-2/h9H,3-8,10H2,1-2H3. The van der Waals surface area contributed by atoms with Gasteiger partial charge >= 0.3 is 0 Å². The van der Waals surface area contributed by atoms with E-state index >= 15 is 0 Å². The van der Waals surface area contributed by atoms with E-state index in [1.807, 2.05) is 0 Å². The lowest BCUT2D eigenvalue weighted by molar-refractivity contribution is 0.191. The van der Waals surface area contributed by atoms with E-state index in [4.69, 9.17) is 10.5 Å². The molecule has 0 fully saturated rings. The van der Waals surface area contributed by atoms with E-state index in [1.54, 1.807) is 7.11 Å². The van der Waals surface area contributed by atoms with Crippen LogP contribution in [0, 0.1) is 0 Å². The second-order valence-electron chi connectivity index (χ2n) is 3.01. The fourth-order valence-electron chi connectivity index (χ4n) is 1.03. The molecule has 1 unspecified atom stereocenters. The van der Waals surface area contributed by atoms with Crippen LogP contribution in [0.2, 0.25) is 0 Å². The van der Waals surface area contributed by atoms with Gasteiger partial charge in [0.05, 0.1) is 0 Å². The second kappa shape index (κ2) is 8.02. The van der Waals surface area contributed by atoms with E-state index < -0.39 is 0 Å². The summed E-state index contributed by atoms with van der Waals surface area (Å²) in [4.78, 5) is 0. The van der Waals surface area contributed by atoms with E-state index in [2.05, 4.69) is 6.92 Å². The van der Waals surface area contributed by atoms with E-state index in [9.17, 15) is 0 Å². The molecule has 0 aromatic carbocycles. The molecule has 0 amide bonds. The lowest BCUT2D eigenvalue weighted by Crippen LogP contribution is -2.17. The third kappa shape index (κ3) is 7.82. The Balaban J connectivity index is 2.89. The molecule has 0 aliphatic rings. The number of ether oxygens (including phenoxy) is 1. The van der Waals surface area contributed by atoms with Crippen molar-refractivity contribution >= 4 is 0 Å². The van der Waals surface area contributed by atoms with Crippen molar-refractivity contribution in [2.24, 2.45) is 5.73 Å². The van der Waals surface area contributed by atoms with Crippen LogP contribution in [-0.4, -0.2) is 19.8 Å². The van der Waals surface area contributed by atoms with Crippen molar-refractivity contribution in [2.75, 3.05) is 13.7 Å². The highest BCUT2D eigenvalue weighted by Crippen LogP contribution is 2.03. The molecule has 0 aliphatic heterocycles. The fraction of sp³-hybridized carbons (Fsp3) is 1.00. The Kier molecular flexibility index (Phi) is 7.96. The van der Waals surface area contributed by atoms with Crippen LogP contribution in [0.15, 0.2) is 0 Å². The summed E-state index contributed by atoms with van der Waals surface area (Å²) >= 11 is 0. The molecule has 1 atom stereocenters. The topological polar surface area (TPSA) is 35.2 Å². The van der Waals surface area contributed by atoms with Crippen LogP contribution < -0.4 is 5.73 Å². The van der Waals surface area contributed by atoms with Crippen molar-refractivity contribution in [2.45, 2.75) is 45.1 Å². The Morgan fingerprint density at radius 2 is 2.00 bits per heavy atom. The molecule has 0 rings (SSSR count). The summed E-state index contributed by atoms with van der Waals surface area (Å²) in [7, 11) is 1.75. The number of hydrogen-bond donors (Lipinski definition) is 1. The largest absolute Gasteiger partial charge is 0.385 e. The van der Waals surface area contributed by atoms with E-state index in [0.717, 1.165) is 13.0 Å². The molecule has 2 heteroatoms. The van der Waals surface area contributed by atoms with Crippen molar-refractivity contribution in [3.8, 4) is 0 Å². The van der Waals surface area contributed by atoms with Crippen molar-refractivity contribution in [1.29, 1.82) is 0 Å². The SMILES string of the molecule is CCC(N)CCCCCOC. The number of nitrogens with two attached hydrogens (primary N) is 1. The fourth-order valence-corrected chi connectivity index (χ4v) is 1.03. The normalized spacial score (nSPS) is 13.4. The van der Waals surface area contributed by atoms with Gasteiger partial charge in [0.2, 0.25) is 0 Å². The molecule has 0 heterocycles. The molecular formula is C9H21NO. The highest BCUT2D eigenvalue weighted by molar-refractivity contribution is 4.57. The average molecular weight is 159 g/mol. The Morgan fingerprint density at radius 1 is 1.27 bits per heavy atom. The lowest BCUT2D eigenvalue weighted by atomic mass is 10.1. The van der Waals surface area contributed by atoms with Gasteiger partial charge in [-0.05, 0) is 19.3 Å². The highest BCUT2D eigenvalue weighted by atomic mass is 16.5. The maximum absolute atomic E-state index is 5.76. The van der Waals surface area contributed by atoms with Crippen LogP contribution in [-0.2, 0) is 4.74 Å². The predicted molar refractivity (Wildman–Crippen MR) is 48.6 cm³/mol. The number of methoxy groups -OCH3 is 1. The molecule has 0 radical (unpaired) electrons. The number of hydrogen-bond acceptors (Lipinski definition) is 2. The minimum atomic E-state index is 0.414. The molecule has 2 nitrogen and oxygen atoms in total. The van der Waals surface area contributed by atoms with E-state index in [-0.39, 0.29) is 0 Å². The van der Waals surface area contributed by atoms with Crippen LogP contribution in [0.5, 0.6) is 0 Å². The van der Waals surface area contributed by atoms with Crippen molar-refractivity contribution in [3.05, 3.63) is 0 Å². The molecular weight excluding hydrogens is 138 g/mol. The van der Waals surface area contributed by atoms with Gasteiger partial charge < -0.3 is 10.5 Å². The Morgan fingerprint density at radius 3 is 2.55 bits per heavy atom. The second-order valence-corrected chi connectivity index (χ2v) is 3.01. The zero-order chi connectivity index (χ0) is 8.53. The molecule has 0 aromatic heterocycles. The van der Waals surface area contributed by atoms with Gasteiger partial charge in [-0.25, -0.2) is 0 Å². The van der Waals surface area contributed by atoms with Gasteiger partial charge in [-0.1, -0.05) is 19.8 Å². The summed E-state index contributed by atoms with van der Waals surface area (Å²) in [5.41, 5.74) is 5.76. The van der Waals surface area contributed by atoms with Crippen LogP contribution in [0.3, 0.4) is 0 Å². The van der Waals surface area contributed by atoms with Gasteiger partial charge in [-0.2, -0.15) is 0 Å². The third-order valence-electron chi connectivity index (χ3n) is 1.95. The molecule has 11 heavy (non-hydrogen) atoms. The maximum Gasteiger partial charge on any atom is 0.0462 e. The molecule has 0 saturated heterocycles. The summed E-state index contributed by atoms with van der Waals surface area (Å²) in [6, 6.07) is 0.414. The van der Waals surface area contributed by atoms with Gasteiger partial charge in [0.25, 0.3) is 0 Å². The monoisotopic (exact) mass is 159 g/mol. The minimum absolute atomic E-state index is 0.414. The third-order valence-corrected chi connectivity index (χ3v) is 1.95. The van der Waals surface area contributed by atoms with Crippen molar-refractivity contribution in [3.63, 3.8) is 0 Å². The first kappa shape index (κ1) is 10.9. The Labute approximate surface area is 70.1 Å². The molecule has 0 spiro atoms. The molecule has 0 aromatic rings. The minimum Gasteiger partial charge on any atom is -0.385 e. The van der Waals surface area contributed by atoms with E-state index in [1.165, 1.54) is 25.7 Å². The molecule has 2 N–H and O–H groups in total. The van der Waals surface area contributed by atoms with Crippen LogP contribution in [0.25, 0.3) is 0 Å². The smallest absolute Gasteiger partial charge is 0.0462 e. The first-order valence-electron chi connectivity index (χ1n) is 4.55. The molecule has 0 bridgehead atoms. The molecule has 0 saturated carbocycles. The quantitative estimate of drug-likeness (QED) is 0.576. The average Bonchev–Trinajstić information content (AvgIpc) is 2.04. The summed E-state index contributed by atoms with van der Waals surface area (Å²) in [5, 5.41) is 0. The number of rotatable bonds is 7. The summed E-state index contributed by atoms with van der Waals surface area (Å²) in [5.74, 6) is 0. The van der Waals surface area contributed by atoms with Crippen LogP contribution >= 0.6 is 0 Å². The van der Waals surface area contributed by atoms with Crippen molar-refractivity contribution < 1.29 is 4.74 Å². The van der Waals surface area contributed by atoms with Crippen LogP contribution in [0.1, 0.15) is 39.0 Å². The van der Waals surface area contributed by atoms with Gasteiger partial charge in [0, 0.05) is 19.8 Å². The predicted octanol–water partition coefficient (Wildman–Crippen LogP) is 1.93. The molecule has 0 aliphatic carbocycles. The first-order valence-corrected chi connectivity index (χ1v) is 4.55. The van der Waals surface area contributed by atoms with Crippen LogP contribution in [0.4, 0.5) is 0 Å². The molecule has 68 valence electrons. The van der Waals surface area contributed by atoms with Gasteiger partial charge in [-0.3, -0.25) is 0 Å². The van der Waals surface area contributed by atoms with E-state index in [0.29, 0.717) is 6.04 Å². The zero-order valence-electron chi connectivity index (χ0n) is 7.81. The summed E-state index contributed by atoms with van der Waals surface area (Å²) in [6.07, 6.45) is 5.94. The highest BCUT2D eigenvalue weighted by Gasteiger charge is 1.97. The van der Waals surface area contributed by atoms with Crippen molar-refractivity contribution in [1.82, 2.24) is 0 Å². The van der Waals surface area contributed by atoms with Gasteiger partial charge in [0.15, 0.2) is 0 Å². The Bertz CT molecular complexity index is 76.0. The maximum atomic E-state index is 5.76. The van der Waals surface area contributed by atoms with Gasteiger partial charge in [-0.15, -0.1) is 0 Å². The zero-order valence-corrected chi connectivity index (χ0v) is 7.81. The Hall–Kier alpha value is -0.0800. The lowest BCUT2D eigenvalue weighted by Gasteiger charge is -2.07.